The molecule has 0 heterocycles. The summed E-state index contributed by atoms with van der Waals surface area (Å²) in [6.07, 6.45) is 11.8. The van der Waals surface area contributed by atoms with E-state index in [0.29, 0.717) is 6.42 Å². The fraction of sp³-hybridized carbons (Fsp3) is 0.632. The second kappa shape index (κ2) is 12.4. The Labute approximate surface area is 130 Å². The van der Waals surface area contributed by atoms with Crippen LogP contribution in [0.3, 0.4) is 0 Å². The first-order chi connectivity index (χ1) is 10.3. The number of nitrogens with one attached hydrogen (secondary N) is 1. The van der Waals surface area contributed by atoms with E-state index in [4.69, 9.17) is 0 Å². The van der Waals surface area contributed by atoms with E-state index in [-0.39, 0.29) is 5.91 Å². The number of carbonyl (C=O) groups excluding carboxylic acids is 1. The minimum atomic E-state index is 0.205. The fourth-order valence-electron chi connectivity index (χ4n) is 2.50. The molecule has 1 rings (SSSR count). The Morgan fingerprint density at radius 3 is 2.19 bits per heavy atom. The van der Waals surface area contributed by atoms with Crippen molar-refractivity contribution in [2.45, 2.75) is 71.1 Å². The zero-order valence-corrected chi connectivity index (χ0v) is 13.6. The van der Waals surface area contributed by atoms with Gasteiger partial charge in [-0.1, -0.05) is 82.2 Å². The molecule has 21 heavy (non-hydrogen) atoms. The summed E-state index contributed by atoms with van der Waals surface area (Å²) in [6.45, 7) is 3.00. The summed E-state index contributed by atoms with van der Waals surface area (Å²) in [6, 6.07) is 10.3. The Hall–Kier alpha value is -1.31. The van der Waals surface area contributed by atoms with Gasteiger partial charge in [-0.3, -0.25) is 4.79 Å². The smallest absolute Gasteiger partial charge is 0.220 e. The van der Waals surface area contributed by atoms with Crippen LogP contribution in [0.15, 0.2) is 30.3 Å². The molecule has 0 fully saturated rings. The molecule has 2 nitrogen and oxygen atoms in total. The second-order valence-electron chi connectivity index (χ2n) is 5.81. The molecule has 1 aromatic carbocycles. The number of hydrogen-bond acceptors (Lipinski definition) is 1. The van der Waals surface area contributed by atoms with Crippen LogP contribution in [0.2, 0.25) is 0 Å². The van der Waals surface area contributed by atoms with Crippen LogP contribution in [0.5, 0.6) is 0 Å². The number of benzene rings is 1. The summed E-state index contributed by atoms with van der Waals surface area (Å²) < 4.78 is 0. The molecular formula is C19H31NO. The number of unbranched alkanes of at least 4 members (excludes halogenated alkanes) is 7. The van der Waals surface area contributed by atoms with Gasteiger partial charge >= 0.3 is 0 Å². The number of amides is 1. The Morgan fingerprint density at radius 2 is 1.52 bits per heavy atom. The maximum absolute atomic E-state index is 11.7. The molecule has 0 aliphatic rings. The monoisotopic (exact) mass is 289 g/mol. The van der Waals surface area contributed by atoms with E-state index in [9.17, 15) is 4.79 Å². The van der Waals surface area contributed by atoms with Crippen molar-refractivity contribution in [1.82, 2.24) is 5.32 Å². The predicted octanol–water partition coefficient (Wildman–Crippen LogP) is 4.88. The van der Waals surface area contributed by atoms with Crippen molar-refractivity contribution in [2.75, 3.05) is 6.54 Å². The quantitative estimate of drug-likeness (QED) is 0.546. The Bertz CT molecular complexity index is 361. The van der Waals surface area contributed by atoms with Gasteiger partial charge in [-0.25, -0.2) is 0 Å². The molecule has 1 N–H and O–H groups in total. The van der Waals surface area contributed by atoms with Gasteiger partial charge in [0.1, 0.15) is 0 Å². The minimum absolute atomic E-state index is 0.205. The highest BCUT2D eigenvalue weighted by molar-refractivity contribution is 5.75. The van der Waals surface area contributed by atoms with Crippen LogP contribution in [0.4, 0.5) is 0 Å². The van der Waals surface area contributed by atoms with Gasteiger partial charge in [0.15, 0.2) is 0 Å². The molecule has 0 unspecified atom stereocenters. The average molecular weight is 289 g/mol. The fourth-order valence-corrected chi connectivity index (χ4v) is 2.50. The Kier molecular flexibility index (Phi) is 10.5. The molecule has 118 valence electrons. The van der Waals surface area contributed by atoms with Crippen molar-refractivity contribution in [1.29, 1.82) is 0 Å². The molecule has 0 radical (unpaired) electrons. The first kappa shape index (κ1) is 17.7. The van der Waals surface area contributed by atoms with E-state index >= 15 is 0 Å². The molecule has 0 aliphatic carbocycles. The van der Waals surface area contributed by atoms with E-state index in [0.717, 1.165) is 19.4 Å². The first-order valence-corrected chi connectivity index (χ1v) is 8.63. The standard InChI is InChI=1S/C19H31NO/c1-2-3-4-5-6-7-8-12-15-19(21)20-17-16-18-13-10-9-11-14-18/h9-11,13-14H,2-8,12,15-17H2,1H3,(H,20,21). The molecule has 0 saturated heterocycles. The molecule has 2 heteroatoms. The van der Waals surface area contributed by atoms with Crippen molar-refractivity contribution in [2.24, 2.45) is 0 Å². The summed E-state index contributed by atoms with van der Waals surface area (Å²) in [7, 11) is 0. The maximum Gasteiger partial charge on any atom is 0.220 e. The van der Waals surface area contributed by atoms with Gasteiger partial charge in [0.05, 0.1) is 0 Å². The molecule has 1 aromatic rings. The molecule has 0 aliphatic heterocycles. The van der Waals surface area contributed by atoms with Gasteiger partial charge in [-0.2, -0.15) is 0 Å². The Morgan fingerprint density at radius 1 is 0.905 bits per heavy atom. The van der Waals surface area contributed by atoms with Crippen LogP contribution in [0, 0.1) is 0 Å². The molecule has 0 bridgehead atoms. The summed E-state index contributed by atoms with van der Waals surface area (Å²) in [5, 5.41) is 3.01. The molecular weight excluding hydrogens is 258 g/mol. The van der Waals surface area contributed by atoms with Crippen LogP contribution >= 0.6 is 0 Å². The molecule has 1 amide bonds. The summed E-state index contributed by atoms with van der Waals surface area (Å²) >= 11 is 0. The minimum Gasteiger partial charge on any atom is -0.356 e. The maximum atomic E-state index is 11.7. The van der Waals surface area contributed by atoms with Gasteiger partial charge in [-0.15, -0.1) is 0 Å². The lowest BCUT2D eigenvalue weighted by Gasteiger charge is -2.05. The van der Waals surface area contributed by atoms with Gasteiger partial charge in [-0.05, 0) is 18.4 Å². The third-order valence-electron chi connectivity index (χ3n) is 3.84. The van der Waals surface area contributed by atoms with E-state index in [1.807, 2.05) is 18.2 Å². The van der Waals surface area contributed by atoms with Crippen LogP contribution in [0.25, 0.3) is 0 Å². The zero-order chi connectivity index (χ0) is 15.2. The van der Waals surface area contributed by atoms with E-state index < -0.39 is 0 Å². The lowest BCUT2D eigenvalue weighted by molar-refractivity contribution is -0.121. The highest BCUT2D eigenvalue weighted by Crippen LogP contribution is 2.09. The van der Waals surface area contributed by atoms with Gasteiger partial charge in [0, 0.05) is 13.0 Å². The molecule has 0 saturated carbocycles. The lowest BCUT2D eigenvalue weighted by atomic mass is 10.1. The van der Waals surface area contributed by atoms with E-state index in [1.165, 1.54) is 50.5 Å². The predicted molar refractivity (Wildman–Crippen MR) is 90.4 cm³/mol. The van der Waals surface area contributed by atoms with Crippen molar-refractivity contribution in [3.05, 3.63) is 35.9 Å². The SMILES string of the molecule is CCCCCCCCCCC(=O)NCCc1ccccc1. The van der Waals surface area contributed by atoms with Crippen LogP contribution in [-0.4, -0.2) is 12.5 Å². The van der Waals surface area contributed by atoms with Crippen LogP contribution in [-0.2, 0) is 11.2 Å². The van der Waals surface area contributed by atoms with Crippen LogP contribution in [0.1, 0.15) is 70.3 Å². The van der Waals surface area contributed by atoms with Gasteiger partial charge < -0.3 is 5.32 Å². The normalized spacial score (nSPS) is 10.5. The number of carbonyl (C=O) groups is 1. The van der Waals surface area contributed by atoms with E-state index in [1.54, 1.807) is 0 Å². The second-order valence-corrected chi connectivity index (χ2v) is 5.81. The third kappa shape index (κ3) is 10.1. The highest BCUT2D eigenvalue weighted by atomic mass is 16.1. The Balaban J connectivity index is 1.90. The summed E-state index contributed by atoms with van der Waals surface area (Å²) in [5.41, 5.74) is 1.28. The molecule has 0 atom stereocenters. The topological polar surface area (TPSA) is 29.1 Å². The number of rotatable bonds is 12. The highest BCUT2D eigenvalue weighted by Gasteiger charge is 2.00. The third-order valence-corrected chi connectivity index (χ3v) is 3.84. The van der Waals surface area contributed by atoms with Gasteiger partial charge in [0.25, 0.3) is 0 Å². The average Bonchev–Trinajstić information content (AvgIpc) is 2.51. The summed E-state index contributed by atoms with van der Waals surface area (Å²) in [5.74, 6) is 0.205. The van der Waals surface area contributed by atoms with E-state index in [2.05, 4.69) is 24.4 Å². The number of hydrogen-bond donors (Lipinski definition) is 1. The van der Waals surface area contributed by atoms with Crippen molar-refractivity contribution in [3.8, 4) is 0 Å². The summed E-state index contributed by atoms with van der Waals surface area (Å²) in [4.78, 5) is 11.7. The molecule has 0 aromatic heterocycles. The van der Waals surface area contributed by atoms with Crippen molar-refractivity contribution < 1.29 is 4.79 Å². The molecule has 0 spiro atoms. The van der Waals surface area contributed by atoms with Crippen molar-refractivity contribution in [3.63, 3.8) is 0 Å². The largest absolute Gasteiger partial charge is 0.356 e. The van der Waals surface area contributed by atoms with Crippen molar-refractivity contribution >= 4 is 5.91 Å². The lowest BCUT2D eigenvalue weighted by Crippen LogP contribution is -2.25. The first-order valence-electron chi connectivity index (χ1n) is 8.63. The van der Waals surface area contributed by atoms with Gasteiger partial charge in [0.2, 0.25) is 5.91 Å². The van der Waals surface area contributed by atoms with Crippen LogP contribution < -0.4 is 5.32 Å². The zero-order valence-electron chi connectivity index (χ0n) is 13.6.